The zero-order valence-corrected chi connectivity index (χ0v) is 13.0. The average Bonchev–Trinajstić information content (AvgIpc) is 2.46. The highest BCUT2D eigenvalue weighted by Gasteiger charge is 2.16. The quantitative estimate of drug-likeness (QED) is 0.734. The van der Waals surface area contributed by atoms with Crippen molar-refractivity contribution in [2.24, 2.45) is 0 Å². The smallest absolute Gasteiger partial charge is 0.336 e. The molecule has 22 heavy (non-hydrogen) atoms. The molecule has 2 aromatic carbocycles. The van der Waals surface area contributed by atoms with Crippen LogP contribution in [-0.2, 0) is 0 Å². The minimum absolute atomic E-state index is 0.248. The SMILES string of the molecule is Cc1cc(C)c2c(C(=O)O)cc(-c3ccccc3Cl)nc2c1. The van der Waals surface area contributed by atoms with Crippen LogP contribution in [0.2, 0.25) is 5.02 Å². The maximum atomic E-state index is 11.7. The molecule has 0 radical (unpaired) electrons. The summed E-state index contributed by atoms with van der Waals surface area (Å²) in [6, 6.07) is 12.7. The van der Waals surface area contributed by atoms with E-state index >= 15 is 0 Å². The predicted octanol–water partition coefficient (Wildman–Crippen LogP) is 4.87. The van der Waals surface area contributed by atoms with Crippen LogP contribution in [0.3, 0.4) is 0 Å². The van der Waals surface area contributed by atoms with E-state index in [0.29, 0.717) is 21.6 Å². The number of nitrogens with zero attached hydrogens (tertiary/aromatic N) is 1. The molecule has 0 aliphatic heterocycles. The number of aromatic nitrogens is 1. The van der Waals surface area contributed by atoms with Crippen LogP contribution in [0.4, 0.5) is 0 Å². The van der Waals surface area contributed by atoms with Gasteiger partial charge in [-0.3, -0.25) is 0 Å². The van der Waals surface area contributed by atoms with E-state index in [0.717, 1.165) is 16.7 Å². The summed E-state index contributed by atoms with van der Waals surface area (Å²) in [6.07, 6.45) is 0. The van der Waals surface area contributed by atoms with Gasteiger partial charge in [0.2, 0.25) is 0 Å². The van der Waals surface area contributed by atoms with Crippen LogP contribution in [0.15, 0.2) is 42.5 Å². The van der Waals surface area contributed by atoms with Crippen molar-refractivity contribution in [3.63, 3.8) is 0 Å². The van der Waals surface area contributed by atoms with Gasteiger partial charge in [-0.2, -0.15) is 0 Å². The van der Waals surface area contributed by atoms with Crippen LogP contribution < -0.4 is 0 Å². The average molecular weight is 312 g/mol. The van der Waals surface area contributed by atoms with Crippen molar-refractivity contribution >= 4 is 28.5 Å². The summed E-state index contributed by atoms with van der Waals surface area (Å²) in [5.74, 6) is -0.965. The van der Waals surface area contributed by atoms with Gasteiger partial charge in [0, 0.05) is 16.0 Å². The number of aryl methyl sites for hydroxylation is 2. The van der Waals surface area contributed by atoms with Crippen molar-refractivity contribution in [1.29, 1.82) is 0 Å². The lowest BCUT2D eigenvalue weighted by Crippen LogP contribution is -2.02. The van der Waals surface area contributed by atoms with Gasteiger partial charge in [-0.05, 0) is 43.2 Å². The minimum atomic E-state index is -0.965. The van der Waals surface area contributed by atoms with E-state index in [1.54, 1.807) is 12.1 Å². The molecule has 0 fully saturated rings. The molecule has 0 spiro atoms. The van der Waals surface area contributed by atoms with E-state index in [2.05, 4.69) is 4.98 Å². The number of fused-ring (bicyclic) bond motifs is 1. The van der Waals surface area contributed by atoms with E-state index in [-0.39, 0.29) is 5.56 Å². The maximum absolute atomic E-state index is 11.7. The number of aromatic carboxylic acids is 1. The number of rotatable bonds is 2. The Bertz CT molecular complexity index is 903. The Morgan fingerprint density at radius 2 is 1.86 bits per heavy atom. The number of halogens is 1. The van der Waals surface area contributed by atoms with Gasteiger partial charge in [0.15, 0.2) is 0 Å². The lowest BCUT2D eigenvalue weighted by molar-refractivity contribution is 0.0699. The molecule has 0 saturated carbocycles. The first-order chi connectivity index (χ1) is 10.5. The Hall–Kier alpha value is -2.39. The fourth-order valence-electron chi connectivity index (χ4n) is 2.73. The number of benzene rings is 2. The molecule has 3 nitrogen and oxygen atoms in total. The summed E-state index contributed by atoms with van der Waals surface area (Å²) in [5, 5.41) is 10.8. The number of carboxylic acids is 1. The monoisotopic (exact) mass is 311 g/mol. The Labute approximate surface area is 133 Å². The van der Waals surface area contributed by atoms with Crippen molar-refractivity contribution < 1.29 is 9.90 Å². The summed E-state index contributed by atoms with van der Waals surface area (Å²) in [5.41, 5.74) is 4.17. The van der Waals surface area contributed by atoms with Gasteiger partial charge in [-0.1, -0.05) is 35.9 Å². The van der Waals surface area contributed by atoms with Gasteiger partial charge in [0.25, 0.3) is 0 Å². The van der Waals surface area contributed by atoms with Gasteiger partial charge < -0.3 is 5.11 Å². The van der Waals surface area contributed by atoms with Gasteiger partial charge >= 0.3 is 5.97 Å². The molecule has 0 atom stereocenters. The van der Waals surface area contributed by atoms with E-state index in [1.807, 2.05) is 44.2 Å². The van der Waals surface area contributed by atoms with Crippen LogP contribution in [0.25, 0.3) is 22.2 Å². The zero-order valence-electron chi connectivity index (χ0n) is 12.2. The molecular weight excluding hydrogens is 298 g/mol. The maximum Gasteiger partial charge on any atom is 0.336 e. The lowest BCUT2D eigenvalue weighted by atomic mass is 9.99. The van der Waals surface area contributed by atoms with E-state index in [9.17, 15) is 9.90 Å². The Kier molecular flexibility index (Phi) is 3.59. The van der Waals surface area contributed by atoms with E-state index in [4.69, 9.17) is 11.6 Å². The first-order valence-corrected chi connectivity index (χ1v) is 7.25. The van der Waals surface area contributed by atoms with E-state index in [1.165, 1.54) is 0 Å². The van der Waals surface area contributed by atoms with Crippen molar-refractivity contribution in [1.82, 2.24) is 4.98 Å². The molecule has 110 valence electrons. The first-order valence-electron chi connectivity index (χ1n) is 6.87. The third-order valence-corrected chi connectivity index (χ3v) is 3.96. The lowest BCUT2D eigenvalue weighted by Gasteiger charge is -2.11. The van der Waals surface area contributed by atoms with Crippen LogP contribution in [-0.4, -0.2) is 16.1 Å². The molecule has 3 aromatic rings. The normalized spacial score (nSPS) is 10.9. The number of carboxylic acid groups (broad SMARTS) is 1. The molecule has 1 heterocycles. The molecule has 1 N–H and O–H groups in total. The van der Waals surface area contributed by atoms with Gasteiger partial charge in [-0.15, -0.1) is 0 Å². The van der Waals surface area contributed by atoms with Crippen molar-refractivity contribution in [2.45, 2.75) is 13.8 Å². The second-order valence-electron chi connectivity index (χ2n) is 5.32. The Morgan fingerprint density at radius 1 is 1.14 bits per heavy atom. The number of pyridine rings is 1. The summed E-state index contributed by atoms with van der Waals surface area (Å²) in [4.78, 5) is 16.3. The molecule has 0 aliphatic carbocycles. The number of hydrogen-bond acceptors (Lipinski definition) is 2. The van der Waals surface area contributed by atoms with Gasteiger partial charge in [-0.25, -0.2) is 9.78 Å². The zero-order chi connectivity index (χ0) is 15.9. The van der Waals surface area contributed by atoms with Crippen molar-refractivity contribution in [3.8, 4) is 11.3 Å². The third kappa shape index (κ3) is 2.44. The Balaban J connectivity index is 2.40. The number of hydrogen-bond donors (Lipinski definition) is 1. The molecule has 0 aliphatic rings. The van der Waals surface area contributed by atoms with Crippen LogP contribution >= 0.6 is 11.6 Å². The fourth-order valence-corrected chi connectivity index (χ4v) is 2.96. The van der Waals surface area contributed by atoms with Crippen LogP contribution in [0.5, 0.6) is 0 Å². The standard InChI is InChI=1S/C18H14ClNO2/c1-10-7-11(2)17-13(18(21)22)9-15(20-16(17)8-10)12-5-3-4-6-14(12)19/h3-9H,1-2H3,(H,21,22). The summed E-state index contributed by atoms with van der Waals surface area (Å²) >= 11 is 6.22. The summed E-state index contributed by atoms with van der Waals surface area (Å²) in [6.45, 7) is 3.87. The summed E-state index contributed by atoms with van der Waals surface area (Å²) in [7, 11) is 0. The van der Waals surface area contributed by atoms with E-state index < -0.39 is 5.97 Å². The molecule has 0 amide bonds. The topological polar surface area (TPSA) is 50.2 Å². The fraction of sp³-hybridized carbons (Fsp3) is 0.111. The van der Waals surface area contributed by atoms with Gasteiger partial charge in [0.05, 0.1) is 16.8 Å². The highest BCUT2D eigenvalue weighted by atomic mass is 35.5. The third-order valence-electron chi connectivity index (χ3n) is 3.63. The molecule has 3 rings (SSSR count). The molecule has 0 unspecified atom stereocenters. The molecule has 0 saturated heterocycles. The van der Waals surface area contributed by atoms with Crippen molar-refractivity contribution in [3.05, 3.63) is 64.2 Å². The summed E-state index contributed by atoms with van der Waals surface area (Å²) < 4.78 is 0. The second kappa shape index (κ2) is 5.43. The highest BCUT2D eigenvalue weighted by molar-refractivity contribution is 6.33. The minimum Gasteiger partial charge on any atom is -0.478 e. The largest absolute Gasteiger partial charge is 0.478 e. The molecule has 0 bridgehead atoms. The highest BCUT2D eigenvalue weighted by Crippen LogP contribution is 2.31. The van der Waals surface area contributed by atoms with Gasteiger partial charge in [0.1, 0.15) is 0 Å². The first kappa shape index (κ1) is 14.5. The molecule has 4 heteroatoms. The predicted molar refractivity (Wildman–Crippen MR) is 88.6 cm³/mol. The van der Waals surface area contributed by atoms with Crippen LogP contribution in [0, 0.1) is 13.8 Å². The number of carbonyl (C=O) groups is 1. The van der Waals surface area contributed by atoms with Crippen LogP contribution in [0.1, 0.15) is 21.5 Å². The molecule has 1 aromatic heterocycles. The molecular formula is C18H14ClNO2. The van der Waals surface area contributed by atoms with Crippen molar-refractivity contribution in [2.75, 3.05) is 0 Å². The Morgan fingerprint density at radius 3 is 2.55 bits per heavy atom. The second-order valence-corrected chi connectivity index (χ2v) is 5.72.